The molecule has 0 saturated carbocycles. The fraction of sp³-hybridized carbons (Fsp3) is 0.111. The minimum absolute atomic E-state index is 0.0853. The van der Waals surface area contributed by atoms with E-state index < -0.39 is 0 Å². The van der Waals surface area contributed by atoms with Crippen LogP contribution in [0, 0.1) is 0 Å². The molecule has 0 amide bonds. The van der Waals surface area contributed by atoms with Crippen LogP contribution in [0.15, 0.2) is 53.3 Å². The highest BCUT2D eigenvalue weighted by atomic mass is 32.1. The van der Waals surface area contributed by atoms with E-state index in [1.165, 1.54) is 0 Å². The Morgan fingerprint density at radius 2 is 1.77 bits per heavy atom. The second-order valence-corrected chi connectivity index (χ2v) is 6.19. The lowest BCUT2D eigenvalue weighted by Crippen LogP contribution is -2.06. The smallest absolute Gasteiger partial charge is 0.196 e. The molecule has 0 fully saturated rings. The first-order valence-corrected chi connectivity index (χ1v) is 8.09. The van der Waals surface area contributed by atoms with Crippen molar-refractivity contribution in [1.29, 1.82) is 0 Å². The molecular weight excluding hydrogens is 292 g/mol. The normalized spacial score (nSPS) is 11.3. The number of hydrogen-bond acceptors (Lipinski definition) is 4. The Morgan fingerprint density at radius 1 is 1.05 bits per heavy atom. The Kier molecular flexibility index (Phi) is 3.05. The van der Waals surface area contributed by atoms with E-state index >= 15 is 0 Å². The van der Waals surface area contributed by atoms with Gasteiger partial charge in [-0.3, -0.25) is 4.79 Å². The highest BCUT2D eigenvalue weighted by Crippen LogP contribution is 2.33. The van der Waals surface area contributed by atoms with Gasteiger partial charge in [0.15, 0.2) is 5.43 Å². The van der Waals surface area contributed by atoms with E-state index in [-0.39, 0.29) is 5.43 Å². The summed E-state index contributed by atoms with van der Waals surface area (Å²) in [4.78, 5) is 17.7. The van der Waals surface area contributed by atoms with Gasteiger partial charge in [-0.15, -0.1) is 11.3 Å². The van der Waals surface area contributed by atoms with E-state index in [4.69, 9.17) is 4.98 Å². The summed E-state index contributed by atoms with van der Waals surface area (Å²) >= 11 is 1.62. The molecule has 1 N–H and O–H groups in total. The third-order valence-electron chi connectivity index (χ3n) is 3.76. The van der Waals surface area contributed by atoms with Crippen molar-refractivity contribution in [2.45, 2.75) is 6.92 Å². The standard InChI is InChI=1S/C18H14N2OS/c1-2-19-18-17-15(11-7-3-5-9-13(11)20-18)16(21)12-8-4-6-10-14(12)22-17/h3-10H,2H2,1H3,(H,19,20). The van der Waals surface area contributed by atoms with Crippen molar-refractivity contribution < 1.29 is 0 Å². The quantitative estimate of drug-likeness (QED) is 0.441. The van der Waals surface area contributed by atoms with E-state index in [0.717, 1.165) is 43.4 Å². The summed E-state index contributed by atoms with van der Waals surface area (Å²) in [7, 11) is 0. The molecule has 0 saturated heterocycles. The van der Waals surface area contributed by atoms with Crippen LogP contribution in [-0.4, -0.2) is 11.5 Å². The number of aromatic nitrogens is 1. The molecule has 0 unspecified atom stereocenters. The van der Waals surface area contributed by atoms with Crippen LogP contribution >= 0.6 is 11.3 Å². The molecule has 0 spiro atoms. The van der Waals surface area contributed by atoms with Crippen LogP contribution in [0.25, 0.3) is 31.1 Å². The maximum atomic E-state index is 13.0. The van der Waals surface area contributed by atoms with Crippen molar-refractivity contribution in [3.8, 4) is 0 Å². The molecule has 0 aliphatic heterocycles. The molecule has 3 nitrogen and oxygen atoms in total. The molecule has 2 heterocycles. The van der Waals surface area contributed by atoms with Gasteiger partial charge in [0.05, 0.1) is 15.6 Å². The number of pyridine rings is 1. The molecule has 22 heavy (non-hydrogen) atoms. The number of anilines is 1. The summed E-state index contributed by atoms with van der Waals surface area (Å²) in [5.74, 6) is 0.795. The Labute approximate surface area is 131 Å². The van der Waals surface area contributed by atoms with Gasteiger partial charge in [-0.05, 0) is 25.1 Å². The first-order valence-electron chi connectivity index (χ1n) is 7.27. The zero-order chi connectivity index (χ0) is 15.1. The van der Waals surface area contributed by atoms with Crippen LogP contribution in [0.4, 0.5) is 5.82 Å². The van der Waals surface area contributed by atoms with Crippen molar-refractivity contribution >= 4 is 48.2 Å². The zero-order valence-electron chi connectivity index (χ0n) is 12.1. The molecule has 108 valence electrons. The fourth-order valence-corrected chi connectivity index (χ4v) is 3.95. The van der Waals surface area contributed by atoms with Crippen LogP contribution in [0.1, 0.15) is 6.92 Å². The molecule has 4 heteroatoms. The summed E-state index contributed by atoms with van der Waals surface area (Å²) < 4.78 is 1.93. The lowest BCUT2D eigenvalue weighted by atomic mass is 10.1. The van der Waals surface area contributed by atoms with Crippen molar-refractivity contribution in [3.05, 3.63) is 58.8 Å². The SMILES string of the molecule is CCNc1nc2ccccc2c2c(=O)c3ccccc3sc12. The molecule has 0 aliphatic carbocycles. The molecule has 4 aromatic rings. The van der Waals surface area contributed by atoms with Gasteiger partial charge in [-0.2, -0.15) is 0 Å². The number of para-hydroxylation sites is 1. The molecule has 0 atom stereocenters. The molecule has 2 aromatic heterocycles. The van der Waals surface area contributed by atoms with Crippen LogP contribution < -0.4 is 10.7 Å². The number of hydrogen-bond donors (Lipinski definition) is 1. The number of fused-ring (bicyclic) bond motifs is 4. The second kappa shape index (κ2) is 5.07. The predicted molar refractivity (Wildman–Crippen MR) is 95.1 cm³/mol. The Morgan fingerprint density at radius 3 is 2.59 bits per heavy atom. The predicted octanol–water partition coefficient (Wildman–Crippen LogP) is 4.39. The minimum Gasteiger partial charge on any atom is -0.369 e. The maximum absolute atomic E-state index is 13.0. The first kappa shape index (κ1) is 13.2. The van der Waals surface area contributed by atoms with Gasteiger partial charge >= 0.3 is 0 Å². The minimum atomic E-state index is 0.0853. The number of benzene rings is 2. The van der Waals surface area contributed by atoms with E-state index in [1.807, 2.05) is 55.5 Å². The van der Waals surface area contributed by atoms with Crippen molar-refractivity contribution in [2.24, 2.45) is 0 Å². The largest absolute Gasteiger partial charge is 0.369 e. The van der Waals surface area contributed by atoms with Crippen molar-refractivity contribution in [3.63, 3.8) is 0 Å². The summed E-state index contributed by atoms with van der Waals surface area (Å²) in [6.07, 6.45) is 0. The molecule has 0 bridgehead atoms. The van der Waals surface area contributed by atoms with E-state index in [1.54, 1.807) is 11.3 Å². The first-order chi connectivity index (χ1) is 10.8. The fourth-order valence-electron chi connectivity index (χ4n) is 2.79. The van der Waals surface area contributed by atoms with Crippen molar-refractivity contribution in [1.82, 2.24) is 4.98 Å². The molecule has 0 radical (unpaired) electrons. The number of nitrogens with zero attached hydrogens (tertiary/aromatic N) is 1. The van der Waals surface area contributed by atoms with Crippen LogP contribution in [-0.2, 0) is 0 Å². The lowest BCUT2D eigenvalue weighted by molar-refractivity contribution is 1.19. The topological polar surface area (TPSA) is 42.0 Å². The van der Waals surface area contributed by atoms with Crippen LogP contribution in [0.3, 0.4) is 0 Å². The van der Waals surface area contributed by atoms with Crippen molar-refractivity contribution in [2.75, 3.05) is 11.9 Å². The van der Waals surface area contributed by atoms with Gasteiger partial charge < -0.3 is 5.32 Å². The summed E-state index contributed by atoms with van der Waals surface area (Å²) in [6.45, 7) is 2.81. The number of nitrogens with one attached hydrogen (secondary N) is 1. The maximum Gasteiger partial charge on any atom is 0.196 e. The van der Waals surface area contributed by atoms with Gasteiger partial charge in [0.25, 0.3) is 0 Å². The molecule has 2 aromatic carbocycles. The van der Waals surface area contributed by atoms with E-state index in [0.29, 0.717) is 0 Å². The third kappa shape index (κ3) is 1.88. The molecule has 0 aliphatic rings. The molecule has 4 rings (SSSR count). The van der Waals surface area contributed by atoms with Gasteiger partial charge in [0.2, 0.25) is 0 Å². The van der Waals surface area contributed by atoms with Gasteiger partial charge in [-0.25, -0.2) is 4.98 Å². The Balaban J connectivity index is 2.31. The highest BCUT2D eigenvalue weighted by Gasteiger charge is 2.14. The Hall–Kier alpha value is -2.46. The lowest BCUT2D eigenvalue weighted by Gasteiger charge is -2.10. The van der Waals surface area contributed by atoms with Crippen LogP contribution in [0.5, 0.6) is 0 Å². The van der Waals surface area contributed by atoms with E-state index in [9.17, 15) is 4.79 Å². The average Bonchev–Trinajstić information content (AvgIpc) is 2.55. The summed E-state index contributed by atoms with van der Waals surface area (Å²) in [5.41, 5.74) is 0.938. The highest BCUT2D eigenvalue weighted by molar-refractivity contribution is 7.25. The molecular formula is C18H14N2OS. The second-order valence-electron chi connectivity index (χ2n) is 5.14. The summed E-state index contributed by atoms with van der Waals surface area (Å²) in [6, 6.07) is 15.6. The Bertz CT molecular complexity index is 1070. The van der Waals surface area contributed by atoms with Crippen LogP contribution in [0.2, 0.25) is 0 Å². The van der Waals surface area contributed by atoms with Gasteiger partial charge in [0.1, 0.15) is 5.82 Å². The monoisotopic (exact) mass is 306 g/mol. The number of rotatable bonds is 2. The average molecular weight is 306 g/mol. The van der Waals surface area contributed by atoms with Gasteiger partial charge in [-0.1, -0.05) is 30.3 Å². The zero-order valence-corrected chi connectivity index (χ0v) is 12.9. The third-order valence-corrected chi connectivity index (χ3v) is 4.94. The van der Waals surface area contributed by atoms with E-state index in [2.05, 4.69) is 5.32 Å². The van der Waals surface area contributed by atoms with Gasteiger partial charge in [0, 0.05) is 22.0 Å². The summed E-state index contributed by atoms with van der Waals surface area (Å²) in [5, 5.41) is 5.76.